The Labute approximate surface area is 119 Å². The van der Waals surface area contributed by atoms with Gasteiger partial charge in [0.1, 0.15) is 6.61 Å². The Bertz CT molecular complexity index is 425. The lowest BCUT2D eigenvalue weighted by molar-refractivity contribution is -0.137. The molecule has 0 aliphatic heterocycles. The zero-order valence-electron chi connectivity index (χ0n) is 11.2. The minimum absolute atomic E-state index is 0.0537. The Morgan fingerprint density at radius 3 is 2.52 bits per heavy atom. The topological polar surface area (TPSA) is 47.3 Å². The summed E-state index contributed by atoms with van der Waals surface area (Å²) in [6.07, 6.45) is -6.38. The summed E-state index contributed by atoms with van der Waals surface area (Å²) in [6, 6.07) is 4.55. The van der Waals surface area contributed by atoms with E-state index in [-0.39, 0.29) is 19.1 Å². The van der Waals surface area contributed by atoms with Gasteiger partial charge in [-0.2, -0.15) is 13.2 Å². The van der Waals surface area contributed by atoms with E-state index in [1.807, 2.05) is 0 Å². The van der Waals surface area contributed by atoms with Gasteiger partial charge >= 0.3 is 6.18 Å². The van der Waals surface area contributed by atoms with Crippen LogP contribution in [0.4, 0.5) is 22.0 Å². The van der Waals surface area contributed by atoms with E-state index in [4.69, 9.17) is 10.6 Å². The highest BCUT2D eigenvalue weighted by Crippen LogP contribution is 2.29. The van der Waals surface area contributed by atoms with E-state index in [2.05, 4.69) is 5.43 Å². The van der Waals surface area contributed by atoms with Crippen LogP contribution in [-0.4, -0.2) is 25.7 Å². The fraction of sp³-hybridized carbons (Fsp3) is 0.538. The van der Waals surface area contributed by atoms with Gasteiger partial charge < -0.3 is 4.74 Å². The molecule has 8 heteroatoms. The predicted octanol–water partition coefficient (Wildman–Crippen LogP) is 2.75. The van der Waals surface area contributed by atoms with Crippen LogP contribution in [0, 0.1) is 0 Å². The monoisotopic (exact) mass is 312 g/mol. The molecule has 0 amide bonds. The van der Waals surface area contributed by atoms with Crippen LogP contribution < -0.4 is 11.3 Å². The van der Waals surface area contributed by atoms with Crippen molar-refractivity contribution in [2.75, 3.05) is 13.2 Å². The zero-order valence-corrected chi connectivity index (χ0v) is 11.2. The second-order valence-corrected chi connectivity index (χ2v) is 4.52. The maximum Gasteiger partial charge on any atom is 0.416 e. The summed E-state index contributed by atoms with van der Waals surface area (Å²) in [7, 11) is 0. The summed E-state index contributed by atoms with van der Waals surface area (Å²) in [6.45, 7) is -0.612. The summed E-state index contributed by atoms with van der Waals surface area (Å²) in [5, 5.41) is 0. The van der Waals surface area contributed by atoms with Gasteiger partial charge in [-0.05, 0) is 24.5 Å². The summed E-state index contributed by atoms with van der Waals surface area (Å²) >= 11 is 0. The Morgan fingerprint density at radius 2 is 1.95 bits per heavy atom. The van der Waals surface area contributed by atoms with Gasteiger partial charge in [0.2, 0.25) is 0 Å². The van der Waals surface area contributed by atoms with Crippen LogP contribution in [0.1, 0.15) is 17.5 Å². The molecule has 1 aromatic carbocycles. The van der Waals surface area contributed by atoms with Gasteiger partial charge in [-0.25, -0.2) is 8.78 Å². The van der Waals surface area contributed by atoms with Gasteiger partial charge in [0.15, 0.2) is 0 Å². The van der Waals surface area contributed by atoms with Crippen molar-refractivity contribution in [1.29, 1.82) is 0 Å². The van der Waals surface area contributed by atoms with Crippen LogP contribution >= 0.6 is 0 Å². The van der Waals surface area contributed by atoms with E-state index >= 15 is 0 Å². The lowest BCUT2D eigenvalue weighted by Crippen LogP contribution is -2.37. The van der Waals surface area contributed by atoms with Crippen LogP contribution in [0.2, 0.25) is 0 Å². The van der Waals surface area contributed by atoms with E-state index in [1.54, 1.807) is 6.07 Å². The molecule has 120 valence electrons. The number of rotatable bonds is 8. The molecule has 0 bridgehead atoms. The van der Waals surface area contributed by atoms with Crippen molar-refractivity contribution >= 4 is 0 Å². The molecule has 1 atom stereocenters. The van der Waals surface area contributed by atoms with Crippen LogP contribution in [0.3, 0.4) is 0 Å². The molecular formula is C13H17F5N2O. The molecule has 0 fully saturated rings. The highest BCUT2D eigenvalue weighted by atomic mass is 19.4. The first-order valence-corrected chi connectivity index (χ1v) is 6.31. The SMILES string of the molecule is NNC(CCOCC(F)F)Cc1cccc(C(F)(F)F)c1. The largest absolute Gasteiger partial charge is 0.416 e. The molecule has 0 heterocycles. The van der Waals surface area contributed by atoms with Crippen LogP contribution in [-0.2, 0) is 17.3 Å². The van der Waals surface area contributed by atoms with Crippen molar-refractivity contribution in [2.45, 2.75) is 31.5 Å². The van der Waals surface area contributed by atoms with Crippen molar-refractivity contribution in [2.24, 2.45) is 5.84 Å². The minimum Gasteiger partial charge on any atom is -0.375 e. The number of halogens is 5. The molecule has 3 N–H and O–H groups in total. The Kier molecular flexibility index (Phi) is 7.00. The molecule has 0 aliphatic carbocycles. The number of ether oxygens (including phenoxy) is 1. The van der Waals surface area contributed by atoms with Gasteiger partial charge in [-0.3, -0.25) is 11.3 Å². The van der Waals surface area contributed by atoms with Crippen molar-refractivity contribution in [3.63, 3.8) is 0 Å². The number of hydrogen-bond acceptors (Lipinski definition) is 3. The summed E-state index contributed by atoms with van der Waals surface area (Å²) in [5.74, 6) is 5.31. The second-order valence-electron chi connectivity index (χ2n) is 4.52. The summed E-state index contributed by atoms with van der Waals surface area (Å²) in [5.41, 5.74) is 2.18. The smallest absolute Gasteiger partial charge is 0.375 e. The van der Waals surface area contributed by atoms with Crippen LogP contribution in [0.15, 0.2) is 24.3 Å². The lowest BCUT2D eigenvalue weighted by atomic mass is 10.0. The average Bonchev–Trinajstić information content (AvgIpc) is 2.41. The third-order valence-corrected chi connectivity index (χ3v) is 2.83. The van der Waals surface area contributed by atoms with Crippen molar-refractivity contribution in [1.82, 2.24) is 5.43 Å². The molecule has 1 unspecified atom stereocenters. The Morgan fingerprint density at radius 1 is 1.24 bits per heavy atom. The molecule has 1 aromatic rings. The van der Waals surface area contributed by atoms with Crippen LogP contribution in [0.5, 0.6) is 0 Å². The molecular weight excluding hydrogens is 295 g/mol. The highest BCUT2D eigenvalue weighted by Gasteiger charge is 2.30. The molecule has 0 radical (unpaired) electrons. The van der Waals surface area contributed by atoms with Crippen molar-refractivity contribution in [3.05, 3.63) is 35.4 Å². The number of nitrogens with two attached hydrogens (primary N) is 1. The first kappa shape index (κ1) is 17.8. The fourth-order valence-electron chi connectivity index (χ4n) is 1.80. The van der Waals surface area contributed by atoms with E-state index in [1.165, 1.54) is 6.07 Å². The molecule has 3 nitrogen and oxygen atoms in total. The number of benzene rings is 1. The van der Waals surface area contributed by atoms with Crippen molar-refractivity contribution in [3.8, 4) is 0 Å². The van der Waals surface area contributed by atoms with E-state index in [9.17, 15) is 22.0 Å². The van der Waals surface area contributed by atoms with Crippen molar-refractivity contribution < 1.29 is 26.7 Å². The molecule has 0 saturated carbocycles. The molecule has 1 rings (SSSR count). The second kappa shape index (κ2) is 8.26. The minimum atomic E-state index is -4.40. The number of hydrazine groups is 1. The number of nitrogens with one attached hydrogen (secondary N) is 1. The Balaban J connectivity index is 2.53. The van der Waals surface area contributed by atoms with Gasteiger partial charge in [0.25, 0.3) is 6.43 Å². The highest BCUT2D eigenvalue weighted by molar-refractivity contribution is 5.26. The van der Waals surface area contributed by atoms with Gasteiger partial charge in [-0.1, -0.05) is 18.2 Å². The molecule has 0 saturated heterocycles. The lowest BCUT2D eigenvalue weighted by Gasteiger charge is -2.17. The normalized spacial score (nSPS) is 13.7. The average molecular weight is 312 g/mol. The first-order chi connectivity index (χ1) is 9.82. The predicted molar refractivity (Wildman–Crippen MR) is 67.7 cm³/mol. The Hall–Kier alpha value is -1.25. The maximum atomic E-state index is 12.6. The molecule has 21 heavy (non-hydrogen) atoms. The summed E-state index contributed by atoms with van der Waals surface area (Å²) < 4.78 is 66.2. The van der Waals surface area contributed by atoms with Gasteiger partial charge in [0, 0.05) is 12.6 Å². The molecule has 0 spiro atoms. The first-order valence-electron chi connectivity index (χ1n) is 6.31. The number of alkyl halides is 5. The van der Waals surface area contributed by atoms with E-state index < -0.39 is 24.8 Å². The zero-order chi connectivity index (χ0) is 15.9. The van der Waals surface area contributed by atoms with Crippen LogP contribution in [0.25, 0.3) is 0 Å². The quantitative estimate of drug-likeness (QED) is 0.336. The molecule has 0 aliphatic rings. The summed E-state index contributed by atoms with van der Waals surface area (Å²) in [4.78, 5) is 0. The standard InChI is InChI=1S/C13H17F5N2O/c14-12(15)8-21-5-4-11(20-19)7-9-2-1-3-10(6-9)13(16,17)18/h1-3,6,11-12,20H,4-5,7-8,19H2. The maximum absolute atomic E-state index is 12.6. The number of hydrogen-bond donors (Lipinski definition) is 2. The van der Waals surface area contributed by atoms with Gasteiger partial charge in [-0.15, -0.1) is 0 Å². The van der Waals surface area contributed by atoms with E-state index in [0.717, 1.165) is 12.1 Å². The third kappa shape index (κ3) is 6.83. The molecule has 0 aromatic heterocycles. The van der Waals surface area contributed by atoms with Gasteiger partial charge in [0.05, 0.1) is 5.56 Å². The van der Waals surface area contributed by atoms with E-state index in [0.29, 0.717) is 12.0 Å². The third-order valence-electron chi connectivity index (χ3n) is 2.83. The fourth-order valence-corrected chi connectivity index (χ4v) is 1.80.